The van der Waals surface area contributed by atoms with Crippen LogP contribution in [-0.2, 0) is 9.59 Å². The van der Waals surface area contributed by atoms with E-state index in [-0.39, 0.29) is 18.2 Å². The van der Waals surface area contributed by atoms with Crippen molar-refractivity contribution in [2.24, 2.45) is 0 Å². The second kappa shape index (κ2) is 11.0. The number of piperazine rings is 1. The van der Waals surface area contributed by atoms with Crippen LogP contribution in [0.1, 0.15) is 12.0 Å². The zero-order chi connectivity index (χ0) is 20.3. The van der Waals surface area contributed by atoms with Gasteiger partial charge >= 0.3 is 0 Å². The van der Waals surface area contributed by atoms with Gasteiger partial charge in [0.2, 0.25) is 11.8 Å². The van der Waals surface area contributed by atoms with Gasteiger partial charge in [-0.05, 0) is 17.7 Å². The topological polar surface area (TPSA) is 83.6 Å². The molecule has 7 heteroatoms. The van der Waals surface area contributed by atoms with Crippen LogP contribution >= 0.6 is 0 Å². The predicted molar refractivity (Wildman–Crippen MR) is 111 cm³/mol. The first-order valence-electron chi connectivity index (χ1n) is 9.75. The van der Waals surface area contributed by atoms with Gasteiger partial charge in [0.25, 0.3) is 0 Å². The Morgan fingerprint density at radius 3 is 2.93 bits per heavy atom. The number of nitrogens with one attached hydrogen (secondary N) is 2. The number of carbonyl (C=O) groups excluding carboxylic acids is 2. The van der Waals surface area contributed by atoms with E-state index in [1.165, 1.54) is 0 Å². The molecule has 0 radical (unpaired) electrons. The fourth-order valence-corrected chi connectivity index (χ4v) is 3.13. The lowest BCUT2D eigenvalue weighted by molar-refractivity contribution is -0.133. The van der Waals surface area contributed by atoms with Crippen molar-refractivity contribution in [3.05, 3.63) is 66.5 Å². The number of amides is 2. The minimum Gasteiger partial charge on any atom is -0.490 e. The van der Waals surface area contributed by atoms with Crippen LogP contribution in [0.5, 0.6) is 5.75 Å². The molecule has 1 aromatic carbocycles. The van der Waals surface area contributed by atoms with Crippen molar-refractivity contribution in [1.29, 1.82) is 0 Å². The number of ether oxygens (including phenoxy) is 1. The third-order valence-corrected chi connectivity index (χ3v) is 4.60. The normalized spacial score (nSPS) is 17.1. The van der Waals surface area contributed by atoms with Gasteiger partial charge in [-0.2, -0.15) is 0 Å². The Morgan fingerprint density at radius 1 is 1.28 bits per heavy atom. The lowest BCUT2D eigenvalue weighted by atomic mass is 10.1. The van der Waals surface area contributed by atoms with E-state index in [1.807, 2.05) is 53.5 Å². The first-order chi connectivity index (χ1) is 14.2. The van der Waals surface area contributed by atoms with Gasteiger partial charge < -0.3 is 15.4 Å². The quantitative estimate of drug-likeness (QED) is 0.630. The standard InChI is InChI=1S/C22H26N4O3/c27-21(24-12-15-29-19-9-4-10-23-17-19)16-20-22(28)25-11-14-26(20)13-5-8-18-6-2-1-3-7-18/h1-10,17,20H,11-16H2,(H,24,27)(H,25,28)/b8-5+/t20-/m0/s1. The molecule has 1 aliphatic heterocycles. The van der Waals surface area contributed by atoms with Crippen LogP contribution in [0.4, 0.5) is 0 Å². The zero-order valence-corrected chi connectivity index (χ0v) is 16.3. The van der Waals surface area contributed by atoms with E-state index in [2.05, 4.69) is 15.6 Å². The van der Waals surface area contributed by atoms with Gasteiger partial charge in [-0.15, -0.1) is 0 Å². The average Bonchev–Trinajstić information content (AvgIpc) is 2.75. The summed E-state index contributed by atoms with van der Waals surface area (Å²) in [7, 11) is 0. The molecular formula is C22H26N4O3. The first-order valence-corrected chi connectivity index (χ1v) is 9.75. The molecule has 152 valence electrons. The highest BCUT2D eigenvalue weighted by molar-refractivity contribution is 5.88. The van der Waals surface area contributed by atoms with Crippen LogP contribution in [-0.4, -0.2) is 60.5 Å². The Morgan fingerprint density at radius 2 is 2.14 bits per heavy atom. The maximum Gasteiger partial charge on any atom is 0.237 e. The van der Waals surface area contributed by atoms with Gasteiger partial charge in [0.15, 0.2) is 0 Å². The molecule has 7 nitrogen and oxygen atoms in total. The zero-order valence-electron chi connectivity index (χ0n) is 16.3. The summed E-state index contributed by atoms with van der Waals surface area (Å²) < 4.78 is 5.51. The van der Waals surface area contributed by atoms with Crippen molar-refractivity contribution < 1.29 is 14.3 Å². The highest BCUT2D eigenvalue weighted by Gasteiger charge is 2.30. The first kappa shape index (κ1) is 20.5. The Labute approximate surface area is 170 Å². The van der Waals surface area contributed by atoms with Crippen LogP contribution in [0, 0.1) is 0 Å². The molecule has 29 heavy (non-hydrogen) atoms. The Bertz CT molecular complexity index is 811. The molecule has 0 spiro atoms. The minimum absolute atomic E-state index is 0.105. The lowest BCUT2D eigenvalue weighted by Crippen LogP contribution is -2.56. The summed E-state index contributed by atoms with van der Waals surface area (Å²) in [5, 5.41) is 5.66. The number of hydrogen-bond acceptors (Lipinski definition) is 5. The molecule has 0 aliphatic carbocycles. The van der Waals surface area contributed by atoms with Crippen LogP contribution < -0.4 is 15.4 Å². The lowest BCUT2D eigenvalue weighted by Gasteiger charge is -2.33. The Hall–Kier alpha value is -3.19. The van der Waals surface area contributed by atoms with Crippen molar-refractivity contribution in [3.63, 3.8) is 0 Å². The minimum atomic E-state index is -0.469. The summed E-state index contributed by atoms with van der Waals surface area (Å²) in [6.45, 7) is 2.64. The van der Waals surface area contributed by atoms with E-state index in [0.29, 0.717) is 38.5 Å². The van der Waals surface area contributed by atoms with E-state index in [9.17, 15) is 9.59 Å². The molecular weight excluding hydrogens is 368 g/mol. The van der Waals surface area contributed by atoms with E-state index in [1.54, 1.807) is 18.5 Å². The highest BCUT2D eigenvalue weighted by atomic mass is 16.5. The average molecular weight is 394 g/mol. The largest absolute Gasteiger partial charge is 0.490 e. The number of rotatable bonds is 9. The van der Waals surface area contributed by atoms with Gasteiger partial charge in [0, 0.05) is 25.8 Å². The molecule has 3 rings (SSSR count). The SMILES string of the molecule is O=C(C[C@H]1C(=O)NCCN1C/C=C/c1ccccc1)NCCOc1cccnc1. The van der Waals surface area contributed by atoms with Gasteiger partial charge in [0.1, 0.15) is 12.4 Å². The number of carbonyl (C=O) groups is 2. The summed E-state index contributed by atoms with van der Waals surface area (Å²) in [6, 6.07) is 13.1. The second-order valence-corrected chi connectivity index (χ2v) is 6.71. The molecule has 1 fully saturated rings. The van der Waals surface area contributed by atoms with E-state index in [0.717, 1.165) is 5.56 Å². The van der Waals surface area contributed by atoms with E-state index < -0.39 is 6.04 Å². The predicted octanol–water partition coefficient (Wildman–Crippen LogP) is 1.48. The number of pyridine rings is 1. The molecule has 1 aromatic heterocycles. The maximum absolute atomic E-state index is 12.3. The van der Waals surface area contributed by atoms with Crippen LogP contribution in [0.3, 0.4) is 0 Å². The van der Waals surface area contributed by atoms with Crippen molar-refractivity contribution in [1.82, 2.24) is 20.5 Å². The fraction of sp³-hybridized carbons (Fsp3) is 0.318. The highest BCUT2D eigenvalue weighted by Crippen LogP contribution is 2.10. The molecule has 1 saturated heterocycles. The molecule has 1 aliphatic rings. The smallest absolute Gasteiger partial charge is 0.237 e. The molecule has 2 heterocycles. The van der Waals surface area contributed by atoms with Gasteiger partial charge in [0.05, 0.1) is 25.2 Å². The molecule has 2 amide bonds. The Kier molecular flexibility index (Phi) is 7.77. The number of aromatic nitrogens is 1. The monoisotopic (exact) mass is 394 g/mol. The molecule has 0 bridgehead atoms. The van der Waals surface area contributed by atoms with Crippen LogP contribution in [0.25, 0.3) is 6.08 Å². The number of hydrogen-bond donors (Lipinski definition) is 2. The summed E-state index contributed by atoms with van der Waals surface area (Å²) in [5.74, 6) is 0.384. The molecule has 2 aromatic rings. The van der Waals surface area contributed by atoms with Crippen molar-refractivity contribution in [2.45, 2.75) is 12.5 Å². The number of benzene rings is 1. The van der Waals surface area contributed by atoms with E-state index in [4.69, 9.17) is 4.74 Å². The van der Waals surface area contributed by atoms with Crippen LogP contribution in [0.15, 0.2) is 60.9 Å². The molecule has 0 saturated carbocycles. The summed E-state index contributed by atoms with van der Waals surface area (Å²) in [6.07, 6.45) is 7.47. The third-order valence-electron chi connectivity index (χ3n) is 4.60. The third kappa shape index (κ3) is 6.73. The van der Waals surface area contributed by atoms with Crippen LogP contribution in [0.2, 0.25) is 0 Å². The second-order valence-electron chi connectivity index (χ2n) is 6.71. The number of nitrogens with zero attached hydrogens (tertiary/aromatic N) is 2. The van der Waals surface area contributed by atoms with Crippen molar-refractivity contribution in [3.8, 4) is 5.75 Å². The molecule has 1 atom stereocenters. The van der Waals surface area contributed by atoms with Crippen molar-refractivity contribution >= 4 is 17.9 Å². The summed E-state index contributed by atoms with van der Waals surface area (Å²) in [4.78, 5) is 30.6. The summed E-state index contributed by atoms with van der Waals surface area (Å²) >= 11 is 0. The fourth-order valence-electron chi connectivity index (χ4n) is 3.13. The van der Waals surface area contributed by atoms with Crippen molar-refractivity contribution in [2.75, 3.05) is 32.8 Å². The van der Waals surface area contributed by atoms with E-state index >= 15 is 0 Å². The molecule has 2 N–H and O–H groups in total. The summed E-state index contributed by atoms with van der Waals surface area (Å²) in [5.41, 5.74) is 1.11. The Balaban J connectivity index is 1.45. The van der Waals surface area contributed by atoms with Gasteiger partial charge in [-0.3, -0.25) is 19.5 Å². The molecule has 0 unspecified atom stereocenters. The van der Waals surface area contributed by atoms with Gasteiger partial charge in [-0.1, -0.05) is 42.5 Å². The van der Waals surface area contributed by atoms with Gasteiger partial charge in [-0.25, -0.2) is 0 Å². The maximum atomic E-state index is 12.3.